The summed E-state index contributed by atoms with van der Waals surface area (Å²) in [5, 5.41) is 0. The summed E-state index contributed by atoms with van der Waals surface area (Å²) in [4.78, 5) is 0. The van der Waals surface area contributed by atoms with E-state index >= 15 is 0 Å². The minimum Gasteiger partial charge on any atom is -0.377 e. The van der Waals surface area contributed by atoms with E-state index in [1.54, 1.807) is 7.11 Å². The molecule has 1 saturated carbocycles. The topological polar surface area (TPSA) is 47.3 Å². The van der Waals surface area contributed by atoms with E-state index in [1.165, 1.54) is 32.1 Å². The van der Waals surface area contributed by atoms with Gasteiger partial charge < -0.3 is 4.74 Å². The summed E-state index contributed by atoms with van der Waals surface area (Å²) in [6.45, 7) is 4.32. The third-order valence-corrected chi connectivity index (χ3v) is 4.13. The number of rotatable bonds is 5. The van der Waals surface area contributed by atoms with Crippen LogP contribution in [0.2, 0.25) is 0 Å². The van der Waals surface area contributed by atoms with E-state index in [-0.39, 0.29) is 11.6 Å². The lowest BCUT2D eigenvalue weighted by molar-refractivity contribution is -0.0501. The fraction of sp³-hybridized carbons (Fsp3) is 1.00. The SMILES string of the molecule is CCC(C)(OC)C(NN)C1CCCCC1. The number of hydrogen-bond acceptors (Lipinski definition) is 3. The summed E-state index contributed by atoms with van der Waals surface area (Å²) in [7, 11) is 1.79. The highest BCUT2D eigenvalue weighted by atomic mass is 16.5. The Morgan fingerprint density at radius 1 is 1.40 bits per heavy atom. The smallest absolute Gasteiger partial charge is 0.0816 e. The molecule has 0 heterocycles. The molecule has 1 aliphatic carbocycles. The molecule has 0 aliphatic heterocycles. The molecule has 0 bridgehead atoms. The van der Waals surface area contributed by atoms with Crippen molar-refractivity contribution in [3.8, 4) is 0 Å². The summed E-state index contributed by atoms with van der Waals surface area (Å²) in [6, 6.07) is 0.285. The Kier molecular flexibility index (Phi) is 5.03. The van der Waals surface area contributed by atoms with Crippen LogP contribution in [0.15, 0.2) is 0 Å². The normalized spacial score (nSPS) is 24.8. The average molecular weight is 214 g/mol. The van der Waals surface area contributed by atoms with Crippen LogP contribution < -0.4 is 11.3 Å². The van der Waals surface area contributed by atoms with Crippen molar-refractivity contribution in [1.29, 1.82) is 0 Å². The highest BCUT2D eigenvalue weighted by molar-refractivity contribution is 4.92. The molecule has 1 rings (SSSR count). The van der Waals surface area contributed by atoms with Crippen molar-refractivity contribution in [2.24, 2.45) is 11.8 Å². The van der Waals surface area contributed by atoms with E-state index in [2.05, 4.69) is 19.3 Å². The van der Waals surface area contributed by atoms with Crippen molar-refractivity contribution in [2.45, 2.75) is 64.0 Å². The van der Waals surface area contributed by atoms with Gasteiger partial charge in [0.2, 0.25) is 0 Å². The number of nitrogens with one attached hydrogen (secondary N) is 1. The van der Waals surface area contributed by atoms with Crippen LogP contribution in [0, 0.1) is 5.92 Å². The van der Waals surface area contributed by atoms with Gasteiger partial charge >= 0.3 is 0 Å². The number of ether oxygens (including phenoxy) is 1. The largest absolute Gasteiger partial charge is 0.377 e. The minimum atomic E-state index is -0.128. The van der Waals surface area contributed by atoms with Gasteiger partial charge in [0, 0.05) is 7.11 Å². The predicted octanol–water partition coefficient (Wildman–Crippen LogP) is 2.21. The highest BCUT2D eigenvalue weighted by Gasteiger charge is 2.37. The second-order valence-corrected chi connectivity index (χ2v) is 4.91. The summed E-state index contributed by atoms with van der Waals surface area (Å²) in [5.41, 5.74) is 2.86. The van der Waals surface area contributed by atoms with E-state index in [4.69, 9.17) is 10.6 Å². The van der Waals surface area contributed by atoms with Gasteiger partial charge in [-0.3, -0.25) is 11.3 Å². The minimum absolute atomic E-state index is 0.128. The molecule has 3 N–H and O–H groups in total. The first-order valence-electron chi connectivity index (χ1n) is 6.19. The van der Waals surface area contributed by atoms with Crippen LogP contribution in [0.3, 0.4) is 0 Å². The lowest BCUT2D eigenvalue weighted by Gasteiger charge is -2.41. The molecule has 90 valence electrons. The predicted molar refractivity (Wildman–Crippen MR) is 63.4 cm³/mol. The molecule has 3 nitrogen and oxygen atoms in total. The van der Waals surface area contributed by atoms with E-state index in [1.807, 2.05) is 0 Å². The molecule has 0 aromatic heterocycles. The Labute approximate surface area is 93.7 Å². The molecule has 2 atom stereocenters. The molecule has 1 aliphatic rings. The van der Waals surface area contributed by atoms with E-state index < -0.39 is 0 Å². The van der Waals surface area contributed by atoms with Crippen molar-refractivity contribution >= 4 is 0 Å². The first-order chi connectivity index (χ1) is 7.18. The van der Waals surface area contributed by atoms with Gasteiger partial charge in [-0.25, -0.2) is 0 Å². The number of methoxy groups -OCH3 is 1. The first kappa shape index (κ1) is 12.9. The van der Waals surface area contributed by atoms with Gasteiger partial charge in [0.25, 0.3) is 0 Å². The summed E-state index contributed by atoms with van der Waals surface area (Å²) >= 11 is 0. The van der Waals surface area contributed by atoms with E-state index in [9.17, 15) is 0 Å². The molecule has 2 unspecified atom stereocenters. The molecule has 0 amide bonds. The van der Waals surface area contributed by atoms with E-state index in [0.717, 1.165) is 6.42 Å². The van der Waals surface area contributed by atoms with Gasteiger partial charge in [0.05, 0.1) is 11.6 Å². The first-order valence-corrected chi connectivity index (χ1v) is 6.19. The molecular weight excluding hydrogens is 188 g/mol. The van der Waals surface area contributed by atoms with Crippen LogP contribution in [0.4, 0.5) is 0 Å². The van der Waals surface area contributed by atoms with Gasteiger partial charge in [0.1, 0.15) is 0 Å². The lowest BCUT2D eigenvalue weighted by atomic mass is 9.76. The molecule has 0 radical (unpaired) electrons. The second kappa shape index (κ2) is 5.83. The fourth-order valence-corrected chi connectivity index (χ4v) is 2.77. The van der Waals surface area contributed by atoms with Crippen LogP contribution in [0.5, 0.6) is 0 Å². The highest BCUT2D eigenvalue weighted by Crippen LogP contribution is 2.33. The van der Waals surface area contributed by atoms with Crippen molar-refractivity contribution in [3.05, 3.63) is 0 Å². The molecular formula is C12H26N2O. The summed E-state index contributed by atoms with van der Waals surface area (Å²) in [5.74, 6) is 6.39. The van der Waals surface area contributed by atoms with E-state index in [0.29, 0.717) is 5.92 Å². The monoisotopic (exact) mass is 214 g/mol. The fourth-order valence-electron chi connectivity index (χ4n) is 2.77. The molecule has 0 saturated heterocycles. The van der Waals surface area contributed by atoms with Crippen LogP contribution >= 0.6 is 0 Å². The zero-order valence-electron chi connectivity index (χ0n) is 10.4. The Hall–Kier alpha value is -0.120. The average Bonchev–Trinajstić information content (AvgIpc) is 2.31. The third-order valence-electron chi connectivity index (χ3n) is 4.13. The van der Waals surface area contributed by atoms with Crippen molar-refractivity contribution in [3.63, 3.8) is 0 Å². The molecule has 15 heavy (non-hydrogen) atoms. The van der Waals surface area contributed by atoms with Crippen LogP contribution in [-0.4, -0.2) is 18.8 Å². The number of nitrogens with two attached hydrogens (primary N) is 1. The molecule has 0 aromatic rings. The third kappa shape index (κ3) is 2.92. The Balaban J connectivity index is 2.67. The summed E-state index contributed by atoms with van der Waals surface area (Å²) in [6.07, 6.45) is 7.62. The summed E-state index contributed by atoms with van der Waals surface area (Å²) < 4.78 is 5.65. The molecule has 0 spiro atoms. The van der Waals surface area contributed by atoms with Gasteiger partial charge in [-0.1, -0.05) is 26.2 Å². The van der Waals surface area contributed by atoms with Gasteiger partial charge in [-0.05, 0) is 32.1 Å². The zero-order chi connectivity index (χ0) is 11.3. The van der Waals surface area contributed by atoms with Gasteiger partial charge in [-0.15, -0.1) is 0 Å². The van der Waals surface area contributed by atoms with Gasteiger partial charge in [-0.2, -0.15) is 0 Å². The Morgan fingerprint density at radius 2 is 2.00 bits per heavy atom. The van der Waals surface area contributed by atoms with Gasteiger partial charge in [0.15, 0.2) is 0 Å². The molecule has 0 aromatic carbocycles. The second-order valence-electron chi connectivity index (χ2n) is 4.91. The quantitative estimate of drug-likeness (QED) is 0.545. The lowest BCUT2D eigenvalue weighted by Crippen LogP contribution is -2.56. The van der Waals surface area contributed by atoms with Crippen LogP contribution in [0.1, 0.15) is 52.4 Å². The number of hydrazine groups is 1. The van der Waals surface area contributed by atoms with Crippen LogP contribution in [-0.2, 0) is 4.74 Å². The van der Waals surface area contributed by atoms with Crippen molar-refractivity contribution < 1.29 is 4.74 Å². The standard InChI is InChI=1S/C12H26N2O/c1-4-12(2,15-3)11(14-13)10-8-6-5-7-9-10/h10-11,14H,4-9,13H2,1-3H3. The maximum absolute atomic E-state index is 5.71. The molecule has 1 fully saturated rings. The Bertz CT molecular complexity index is 174. The zero-order valence-corrected chi connectivity index (χ0v) is 10.4. The van der Waals surface area contributed by atoms with Crippen LogP contribution in [0.25, 0.3) is 0 Å². The maximum Gasteiger partial charge on any atom is 0.0816 e. The molecule has 3 heteroatoms. The van der Waals surface area contributed by atoms with Crippen molar-refractivity contribution in [2.75, 3.05) is 7.11 Å². The maximum atomic E-state index is 5.71. The Morgan fingerprint density at radius 3 is 2.40 bits per heavy atom. The van der Waals surface area contributed by atoms with Crippen molar-refractivity contribution in [1.82, 2.24) is 5.43 Å². The number of hydrogen-bond donors (Lipinski definition) is 2.